The number of nitrogens with zero attached hydrogens (tertiary/aromatic N) is 1. The molecule has 0 N–H and O–H groups in total. The summed E-state index contributed by atoms with van der Waals surface area (Å²) in [6.45, 7) is 4.24. The Hall–Kier alpha value is -1.05. The Balaban J connectivity index is 1.80. The van der Waals surface area contributed by atoms with Gasteiger partial charge in [0.2, 0.25) is 5.91 Å². The Labute approximate surface area is 150 Å². The predicted octanol–water partition coefficient (Wildman–Crippen LogP) is 6.42. The van der Waals surface area contributed by atoms with E-state index in [2.05, 4.69) is 31.2 Å². The molecule has 0 saturated carbocycles. The second kappa shape index (κ2) is 15.5. The first-order valence-corrected chi connectivity index (χ1v) is 10.4. The van der Waals surface area contributed by atoms with Crippen LogP contribution in [0.15, 0.2) is 24.3 Å². The molecule has 0 aromatic carbocycles. The summed E-state index contributed by atoms with van der Waals surface area (Å²) < 4.78 is 0. The molecule has 0 aliphatic carbocycles. The zero-order valence-corrected chi connectivity index (χ0v) is 16.0. The van der Waals surface area contributed by atoms with Crippen molar-refractivity contribution in [3.63, 3.8) is 0 Å². The van der Waals surface area contributed by atoms with Crippen molar-refractivity contribution in [3.8, 4) is 0 Å². The van der Waals surface area contributed by atoms with Crippen LogP contribution in [-0.4, -0.2) is 23.9 Å². The van der Waals surface area contributed by atoms with E-state index in [0.29, 0.717) is 5.91 Å². The molecule has 1 rings (SSSR count). The third-order valence-corrected chi connectivity index (χ3v) is 4.80. The third-order valence-electron chi connectivity index (χ3n) is 4.80. The van der Waals surface area contributed by atoms with Crippen molar-refractivity contribution >= 4 is 5.91 Å². The van der Waals surface area contributed by atoms with E-state index >= 15 is 0 Å². The number of carbonyl (C=O) groups excluding carboxylic acids is 1. The lowest BCUT2D eigenvalue weighted by Gasteiger charge is -2.14. The smallest absolute Gasteiger partial charge is 0.222 e. The molecule has 0 unspecified atom stereocenters. The molecule has 0 radical (unpaired) electrons. The highest BCUT2D eigenvalue weighted by Crippen LogP contribution is 2.13. The van der Waals surface area contributed by atoms with Gasteiger partial charge in [0.25, 0.3) is 0 Å². The number of allylic oxidation sites excluding steroid dienone is 4. The lowest BCUT2D eigenvalue weighted by atomic mass is 10.1. The zero-order chi connectivity index (χ0) is 17.3. The highest BCUT2D eigenvalue weighted by Gasteiger charge is 2.16. The molecule has 0 bridgehead atoms. The van der Waals surface area contributed by atoms with E-state index in [0.717, 1.165) is 32.4 Å². The summed E-state index contributed by atoms with van der Waals surface area (Å²) >= 11 is 0. The fourth-order valence-electron chi connectivity index (χ4n) is 3.20. The molecule has 0 aromatic rings. The number of amides is 1. The monoisotopic (exact) mass is 333 g/mol. The number of hydrogen-bond acceptors (Lipinski definition) is 1. The first kappa shape index (κ1) is 21.0. The fraction of sp³-hybridized carbons (Fsp3) is 0.773. The van der Waals surface area contributed by atoms with Gasteiger partial charge in [-0.1, -0.05) is 69.8 Å². The highest BCUT2D eigenvalue weighted by atomic mass is 16.2. The van der Waals surface area contributed by atoms with Gasteiger partial charge in [0.05, 0.1) is 0 Å². The molecule has 0 aromatic heterocycles. The van der Waals surface area contributed by atoms with E-state index in [1.165, 1.54) is 70.6 Å². The van der Waals surface area contributed by atoms with E-state index in [4.69, 9.17) is 0 Å². The summed E-state index contributed by atoms with van der Waals surface area (Å²) in [6, 6.07) is 0. The van der Waals surface area contributed by atoms with Gasteiger partial charge in [0, 0.05) is 19.5 Å². The van der Waals surface area contributed by atoms with E-state index in [9.17, 15) is 4.79 Å². The molecule has 2 heteroatoms. The Bertz CT molecular complexity index is 353. The minimum Gasteiger partial charge on any atom is -0.343 e. The minimum atomic E-state index is 0.390. The van der Waals surface area contributed by atoms with Crippen molar-refractivity contribution in [2.24, 2.45) is 0 Å². The van der Waals surface area contributed by atoms with E-state index in [1.807, 2.05) is 4.90 Å². The van der Waals surface area contributed by atoms with Crippen LogP contribution in [0.1, 0.15) is 96.8 Å². The van der Waals surface area contributed by atoms with E-state index < -0.39 is 0 Å². The van der Waals surface area contributed by atoms with Gasteiger partial charge in [-0.05, 0) is 44.9 Å². The van der Waals surface area contributed by atoms with Crippen LogP contribution in [0.25, 0.3) is 0 Å². The Morgan fingerprint density at radius 3 is 2.04 bits per heavy atom. The van der Waals surface area contributed by atoms with Crippen LogP contribution in [0.2, 0.25) is 0 Å². The zero-order valence-electron chi connectivity index (χ0n) is 16.0. The lowest BCUT2D eigenvalue weighted by molar-refractivity contribution is -0.130. The number of likely N-dealkylation sites (tertiary alicyclic amines) is 1. The van der Waals surface area contributed by atoms with Crippen molar-refractivity contribution in [2.75, 3.05) is 13.1 Å². The van der Waals surface area contributed by atoms with Crippen molar-refractivity contribution in [1.82, 2.24) is 4.90 Å². The van der Waals surface area contributed by atoms with E-state index in [1.54, 1.807) is 0 Å². The van der Waals surface area contributed by atoms with Crippen molar-refractivity contribution < 1.29 is 4.79 Å². The number of carbonyl (C=O) groups is 1. The number of hydrogen-bond donors (Lipinski definition) is 0. The summed E-state index contributed by atoms with van der Waals surface area (Å²) in [5, 5.41) is 0. The normalized spacial score (nSPS) is 15.1. The second-order valence-electron chi connectivity index (χ2n) is 7.07. The Morgan fingerprint density at radius 1 is 0.792 bits per heavy atom. The number of rotatable bonds is 14. The van der Waals surface area contributed by atoms with Crippen LogP contribution in [-0.2, 0) is 4.79 Å². The summed E-state index contributed by atoms with van der Waals surface area (Å²) in [4.78, 5) is 13.9. The van der Waals surface area contributed by atoms with Gasteiger partial charge in [-0.3, -0.25) is 4.79 Å². The topological polar surface area (TPSA) is 20.3 Å². The second-order valence-corrected chi connectivity index (χ2v) is 7.07. The first-order chi connectivity index (χ1) is 11.8. The van der Waals surface area contributed by atoms with Gasteiger partial charge in [-0.25, -0.2) is 0 Å². The quantitative estimate of drug-likeness (QED) is 0.265. The maximum absolute atomic E-state index is 11.9. The van der Waals surface area contributed by atoms with Crippen LogP contribution in [0.4, 0.5) is 0 Å². The van der Waals surface area contributed by atoms with Crippen LogP contribution < -0.4 is 0 Å². The standard InChI is InChI=1S/C22H39NO/c1-2-3-4-5-6-7-8-9-10-11-12-13-14-15-16-19-22(24)23-20-17-18-21-23/h5-6,8-9H,2-4,7,10-21H2,1H3. The highest BCUT2D eigenvalue weighted by molar-refractivity contribution is 5.76. The molecular weight excluding hydrogens is 294 g/mol. The Kier molecular flexibility index (Phi) is 13.5. The fourth-order valence-corrected chi connectivity index (χ4v) is 3.20. The molecule has 24 heavy (non-hydrogen) atoms. The average molecular weight is 334 g/mol. The van der Waals surface area contributed by atoms with Crippen LogP contribution in [0.3, 0.4) is 0 Å². The van der Waals surface area contributed by atoms with Crippen molar-refractivity contribution in [1.29, 1.82) is 0 Å². The summed E-state index contributed by atoms with van der Waals surface area (Å²) in [5.41, 5.74) is 0. The lowest BCUT2D eigenvalue weighted by Crippen LogP contribution is -2.27. The van der Waals surface area contributed by atoms with Crippen LogP contribution in [0.5, 0.6) is 0 Å². The summed E-state index contributed by atoms with van der Waals surface area (Å²) in [5.74, 6) is 0.390. The van der Waals surface area contributed by atoms with Crippen LogP contribution in [0, 0.1) is 0 Å². The molecule has 1 amide bonds. The van der Waals surface area contributed by atoms with Gasteiger partial charge in [-0.2, -0.15) is 0 Å². The average Bonchev–Trinajstić information content (AvgIpc) is 3.13. The maximum Gasteiger partial charge on any atom is 0.222 e. The molecule has 138 valence electrons. The third kappa shape index (κ3) is 11.5. The molecule has 1 saturated heterocycles. The van der Waals surface area contributed by atoms with Gasteiger partial charge in [0.1, 0.15) is 0 Å². The largest absolute Gasteiger partial charge is 0.343 e. The number of unbranched alkanes of at least 4 members (excludes halogenated alkanes) is 8. The van der Waals surface area contributed by atoms with Crippen molar-refractivity contribution in [3.05, 3.63) is 24.3 Å². The molecule has 1 aliphatic rings. The molecule has 1 heterocycles. The van der Waals surface area contributed by atoms with E-state index in [-0.39, 0.29) is 0 Å². The van der Waals surface area contributed by atoms with Gasteiger partial charge in [-0.15, -0.1) is 0 Å². The minimum absolute atomic E-state index is 0.390. The maximum atomic E-state index is 11.9. The van der Waals surface area contributed by atoms with Gasteiger partial charge in [0.15, 0.2) is 0 Å². The molecule has 0 atom stereocenters. The summed E-state index contributed by atoms with van der Waals surface area (Å²) in [7, 11) is 0. The van der Waals surface area contributed by atoms with Crippen LogP contribution >= 0.6 is 0 Å². The van der Waals surface area contributed by atoms with Gasteiger partial charge >= 0.3 is 0 Å². The Morgan fingerprint density at radius 2 is 1.38 bits per heavy atom. The molecule has 1 aliphatic heterocycles. The molecule has 0 spiro atoms. The predicted molar refractivity (Wildman–Crippen MR) is 105 cm³/mol. The molecular formula is C22H39NO. The first-order valence-electron chi connectivity index (χ1n) is 10.4. The van der Waals surface area contributed by atoms with Gasteiger partial charge < -0.3 is 4.90 Å². The SMILES string of the molecule is CCCCC=CCC=CCCCCCCCCC(=O)N1CCCC1. The molecule has 2 nitrogen and oxygen atoms in total. The molecule has 1 fully saturated rings. The summed E-state index contributed by atoms with van der Waals surface area (Å²) in [6.07, 6.45) is 26.1. The van der Waals surface area contributed by atoms with Crippen molar-refractivity contribution in [2.45, 2.75) is 96.8 Å².